The number of carbonyl (C=O) groups is 1. The largest absolute Gasteiger partial charge is 0.346 e. The van der Waals surface area contributed by atoms with Crippen LogP contribution >= 0.6 is 11.6 Å². The lowest BCUT2D eigenvalue weighted by atomic mass is 10.2. The van der Waals surface area contributed by atoms with Gasteiger partial charge in [-0.05, 0) is 18.2 Å². The number of nitrogens with zero attached hydrogens (tertiary/aromatic N) is 1. The highest BCUT2D eigenvalue weighted by molar-refractivity contribution is 6.33. The van der Waals surface area contributed by atoms with Crippen LogP contribution in [0, 0.1) is 5.82 Å². The van der Waals surface area contributed by atoms with Crippen molar-refractivity contribution in [3.05, 3.63) is 64.7 Å². The molecule has 0 aliphatic rings. The molecule has 1 heterocycles. The van der Waals surface area contributed by atoms with E-state index in [0.717, 1.165) is 0 Å². The monoisotopic (exact) mass is 264 g/mol. The lowest BCUT2D eigenvalue weighted by Gasteiger charge is -2.06. The first-order valence-corrected chi connectivity index (χ1v) is 5.68. The lowest BCUT2D eigenvalue weighted by molar-refractivity contribution is 0.0946. The van der Waals surface area contributed by atoms with E-state index in [2.05, 4.69) is 10.3 Å². The molecule has 1 N–H and O–H groups in total. The third-order valence-electron chi connectivity index (χ3n) is 2.37. The molecule has 0 saturated carbocycles. The fourth-order valence-electron chi connectivity index (χ4n) is 1.45. The van der Waals surface area contributed by atoms with Gasteiger partial charge in [-0.2, -0.15) is 0 Å². The molecule has 1 amide bonds. The summed E-state index contributed by atoms with van der Waals surface area (Å²) in [4.78, 5) is 15.6. The molecule has 0 fully saturated rings. The van der Waals surface area contributed by atoms with E-state index in [9.17, 15) is 9.18 Å². The predicted molar refractivity (Wildman–Crippen MR) is 66.8 cm³/mol. The Hall–Kier alpha value is -1.94. The van der Waals surface area contributed by atoms with Crippen molar-refractivity contribution >= 4 is 17.5 Å². The van der Waals surface area contributed by atoms with Gasteiger partial charge in [-0.3, -0.25) is 4.79 Å². The first-order chi connectivity index (χ1) is 8.68. The Morgan fingerprint density at radius 3 is 2.78 bits per heavy atom. The standard InChI is InChI=1S/C13H10ClFN2O/c14-10-5-3-7-16-12(10)13(18)17-8-9-4-1-2-6-11(9)15/h1-7H,8H2,(H,17,18). The Labute approximate surface area is 109 Å². The molecule has 2 aromatic rings. The second-order valence-corrected chi connectivity index (χ2v) is 4.02. The maximum atomic E-state index is 13.3. The topological polar surface area (TPSA) is 42.0 Å². The average Bonchev–Trinajstić information content (AvgIpc) is 2.38. The molecule has 0 aliphatic heterocycles. The van der Waals surface area contributed by atoms with Gasteiger partial charge in [0.15, 0.2) is 0 Å². The first kappa shape index (κ1) is 12.5. The van der Waals surface area contributed by atoms with E-state index in [-0.39, 0.29) is 23.1 Å². The van der Waals surface area contributed by atoms with Crippen molar-refractivity contribution in [2.45, 2.75) is 6.54 Å². The van der Waals surface area contributed by atoms with Gasteiger partial charge in [-0.15, -0.1) is 0 Å². The highest BCUT2D eigenvalue weighted by atomic mass is 35.5. The van der Waals surface area contributed by atoms with Crippen molar-refractivity contribution in [3.8, 4) is 0 Å². The number of nitrogens with one attached hydrogen (secondary N) is 1. The summed E-state index contributed by atoms with van der Waals surface area (Å²) in [5.41, 5.74) is 0.549. The predicted octanol–water partition coefficient (Wildman–Crippen LogP) is 2.80. The number of halogens is 2. The summed E-state index contributed by atoms with van der Waals surface area (Å²) in [6, 6.07) is 9.46. The van der Waals surface area contributed by atoms with Gasteiger partial charge < -0.3 is 5.32 Å². The van der Waals surface area contributed by atoms with Gasteiger partial charge in [0.2, 0.25) is 0 Å². The van der Waals surface area contributed by atoms with Crippen molar-refractivity contribution in [1.29, 1.82) is 0 Å². The van der Waals surface area contributed by atoms with Crippen molar-refractivity contribution in [3.63, 3.8) is 0 Å². The molecule has 3 nitrogen and oxygen atoms in total. The number of pyridine rings is 1. The molecule has 0 spiro atoms. The summed E-state index contributed by atoms with van der Waals surface area (Å²) in [5.74, 6) is -0.784. The summed E-state index contributed by atoms with van der Waals surface area (Å²) >= 11 is 5.83. The second kappa shape index (κ2) is 5.60. The first-order valence-electron chi connectivity index (χ1n) is 5.30. The van der Waals surface area contributed by atoms with E-state index in [1.807, 2.05) is 0 Å². The number of benzene rings is 1. The third kappa shape index (κ3) is 2.84. The van der Waals surface area contributed by atoms with Crippen molar-refractivity contribution in [2.75, 3.05) is 0 Å². The minimum absolute atomic E-state index is 0.0956. The zero-order chi connectivity index (χ0) is 13.0. The number of amides is 1. The van der Waals surface area contributed by atoms with Crippen LogP contribution < -0.4 is 5.32 Å². The number of hydrogen-bond acceptors (Lipinski definition) is 2. The molecule has 0 bridgehead atoms. The smallest absolute Gasteiger partial charge is 0.271 e. The quantitative estimate of drug-likeness (QED) is 0.926. The van der Waals surface area contributed by atoms with Crippen LogP contribution in [-0.4, -0.2) is 10.9 Å². The van der Waals surface area contributed by atoms with E-state index in [4.69, 9.17) is 11.6 Å². The Kier molecular flexibility index (Phi) is 3.89. The van der Waals surface area contributed by atoms with E-state index >= 15 is 0 Å². The zero-order valence-electron chi connectivity index (χ0n) is 9.36. The molecule has 5 heteroatoms. The number of hydrogen-bond donors (Lipinski definition) is 1. The third-order valence-corrected chi connectivity index (χ3v) is 2.68. The Balaban J connectivity index is 2.06. The maximum Gasteiger partial charge on any atom is 0.271 e. The SMILES string of the molecule is O=C(NCc1ccccc1F)c1ncccc1Cl. The molecular weight excluding hydrogens is 255 g/mol. The summed E-state index contributed by atoms with van der Waals surface area (Å²) < 4.78 is 13.3. The molecule has 0 radical (unpaired) electrons. The summed E-state index contributed by atoms with van der Waals surface area (Å²) in [7, 11) is 0. The van der Waals surface area contributed by atoms with Crippen LogP contribution in [-0.2, 0) is 6.54 Å². The summed E-state index contributed by atoms with van der Waals surface area (Å²) in [5, 5.41) is 2.84. The lowest BCUT2D eigenvalue weighted by Crippen LogP contribution is -2.24. The molecule has 0 unspecified atom stereocenters. The van der Waals surface area contributed by atoms with Crippen LogP contribution in [0.2, 0.25) is 5.02 Å². The molecule has 1 aromatic carbocycles. The van der Waals surface area contributed by atoms with Crippen LogP contribution in [0.15, 0.2) is 42.6 Å². The molecule has 0 atom stereocenters. The minimum Gasteiger partial charge on any atom is -0.346 e. The van der Waals surface area contributed by atoms with Crippen LogP contribution in [0.1, 0.15) is 16.1 Å². The Morgan fingerprint density at radius 1 is 1.28 bits per heavy atom. The van der Waals surface area contributed by atoms with Crippen LogP contribution in [0.25, 0.3) is 0 Å². The van der Waals surface area contributed by atoms with Gasteiger partial charge in [0, 0.05) is 18.3 Å². The summed E-state index contributed by atoms with van der Waals surface area (Å²) in [6.45, 7) is 0.0956. The normalized spacial score (nSPS) is 10.1. The molecule has 0 aliphatic carbocycles. The Bertz CT molecular complexity index is 574. The Morgan fingerprint density at radius 2 is 2.06 bits per heavy atom. The average molecular weight is 265 g/mol. The second-order valence-electron chi connectivity index (χ2n) is 3.61. The highest BCUT2D eigenvalue weighted by Gasteiger charge is 2.11. The van der Waals surface area contributed by atoms with Crippen molar-refractivity contribution < 1.29 is 9.18 Å². The molecule has 2 rings (SSSR count). The highest BCUT2D eigenvalue weighted by Crippen LogP contribution is 2.12. The molecule has 0 saturated heterocycles. The van der Waals surface area contributed by atoms with Gasteiger partial charge >= 0.3 is 0 Å². The molecule has 18 heavy (non-hydrogen) atoms. The van der Waals surface area contributed by atoms with E-state index in [1.165, 1.54) is 12.3 Å². The van der Waals surface area contributed by atoms with Gasteiger partial charge in [-0.1, -0.05) is 29.8 Å². The molecule has 92 valence electrons. The fourth-order valence-corrected chi connectivity index (χ4v) is 1.66. The number of rotatable bonds is 3. The van der Waals surface area contributed by atoms with Crippen LogP contribution in [0.5, 0.6) is 0 Å². The van der Waals surface area contributed by atoms with Gasteiger partial charge in [0.25, 0.3) is 5.91 Å². The van der Waals surface area contributed by atoms with Crippen LogP contribution in [0.3, 0.4) is 0 Å². The van der Waals surface area contributed by atoms with Gasteiger partial charge in [0.05, 0.1) is 5.02 Å². The number of carbonyl (C=O) groups excluding carboxylic acids is 1. The van der Waals surface area contributed by atoms with E-state index < -0.39 is 5.91 Å². The zero-order valence-corrected chi connectivity index (χ0v) is 10.1. The molecular formula is C13H10ClFN2O. The van der Waals surface area contributed by atoms with Crippen molar-refractivity contribution in [2.24, 2.45) is 0 Å². The maximum absolute atomic E-state index is 13.3. The summed E-state index contributed by atoms with van der Waals surface area (Å²) in [6.07, 6.45) is 1.48. The van der Waals surface area contributed by atoms with Gasteiger partial charge in [0.1, 0.15) is 11.5 Å². The van der Waals surface area contributed by atoms with Crippen LogP contribution in [0.4, 0.5) is 4.39 Å². The fraction of sp³-hybridized carbons (Fsp3) is 0.0769. The number of aromatic nitrogens is 1. The van der Waals surface area contributed by atoms with Crippen molar-refractivity contribution in [1.82, 2.24) is 10.3 Å². The van der Waals surface area contributed by atoms with E-state index in [1.54, 1.807) is 30.3 Å². The molecule has 1 aromatic heterocycles. The van der Waals surface area contributed by atoms with E-state index in [0.29, 0.717) is 5.56 Å². The van der Waals surface area contributed by atoms with Gasteiger partial charge in [-0.25, -0.2) is 9.37 Å². The minimum atomic E-state index is -0.427.